The minimum atomic E-state index is -1.31. The summed E-state index contributed by atoms with van der Waals surface area (Å²) in [6.45, 7) is 2.00. The Hall–Kier alpha value is -2.64. The summed E-state index contributed by atoms with van der Waals surface area (Å²) < 4.78 is 0. The van der Waals surface area contributed by atoms with Crippen LogP contribution in [0.3, 0.4) is 0 Å². The third kappa shape index (κ3) is 19.4. The molecule has 0 radical (unpaired) electrons. The zero-order valence-corrected chi connectivity index (χ0v) is 15.0. The number of carboxylic acid groups (broad SMARTS) is 4. The highest BCUT2D eigenvalue weighted by atomic mass is 16.4. The molecule has 0 unspecified atom stereocenters. The molecule has 0 aromatic carbocycles. The number of carboxylic acids is 4. The summed E-state index contributed by atoms with van der Waals surface area (Å²) in [7, 11) is 0. The minimum Gasteiger partial charge on any atom is -0.481 e. The van der Waals surface area contributed by atoms with Crippen LogP contribution in [-0.2, 0) is 19.2 Å². The number of hydrogen-bond acceptors (Lipinski definition) is 4. The second-order valence-corrected chi connectivity index (χ2v) is 5.43. The van der Waals surface area contributed by atoms with Crippen LogP contribution in [0.1, 0.15) is 58.3 Å². The molecule has 0 aliphatic rings. The number of unbranched alkanes of at least 4 members (excludes halogenated alkanes) is 3. The monoisotopic (exact) mass is 372 g/mol. The van der Waals surface area contributed by atoms with E-state index in [1.54, 1.807) is 24.3 Å². The largest absolute Gasteiger partial charge is 0.481 e. The van der Waals surface area contributed by atoms with Crippen LogP contribution < -0.4 is 0 Å². The van der Waals surface area contributed by atoms with Gasteiger partial charge in [-0.3, -0.25) is 19.2 Å². The van der Waals surface area contributed by atoms with Gasteiger partial charge in [-0.05, 0) is 32.1 Å². The quantitative estimate of drug-likeness (QED) is 0.219. The summed E-state index contributed by atoms with van der Waals surface area (Å²) in [6.07, 6.45) is 11.1. The molecule has 4 N–H and O–H groups in total. The van der Waals surface area contributed by atoms with Crippen molar-refractivity contribution in [1.29, 1.82) is 0 Å². The lowest BCUT2D eigenvalue weighted by Gasteiger charge is -2.02. The highest BCUT2D eigenvalue weighted by Crippen LogP contribution is 2.05. The number of allylic oxidation sites excluding steroid dienone is 3. The van der Waals surface area contributed by atoms with Gasteiger partial charge in [0.15, 0.2) is 5.92 Å². The topological polar surface area (TPSA) is 149 Å². The first kappa shape index (κ1) is 25.6. The van der Waals surface area contributed by atoms with Gasteiger partial charge in [-0.2, -0.15) is 0 Å². The molecule has 0 atom stereocenters. The van der Waals surface area contributed by atoms with Crippen molar-refractivity contribution >= 4 is 23.9 Å². The van der Waals surface area contributed by atoms with Gasteiger partial charge < -0.3 is 20.4 Å². The van der Waals surface area contributed by atoms with Crippen molar-refractivity contribution in [3.8, 4) is 0 Å². The fourth-order valence-electron chi connectivity index (χ4n) is 1.66. The van der Waals surface area contributed by atoms with Gasteiger partial charge in [0.05, 0.1) is 6.42 Å². The summed E-state index contributed by atoms with van der Waals surface area (Å²) in [4.78, 5) is 40.9. The maximum Gasteiger partial charge on any atom is 0.318 e. The van der Waals surface area contributed by atoms with Crippen LogP contribution in [0.25, 0.3) is 0 Å². The summed E-state index contributed by atoms with van der Waals surface area (Å²) in [5.74, 6) is -5.51. The van der Waals surface area contributed by atoms with Gasteiger partial charge >= 0.3 is 23.9 Å². The lowest BCUT2D eigenvalue weighted by atomic mass is 10.1. The highest BCUT2D eigenvalue weighted by molar-refractivity contribution is 5.92. The summed E-state index contributed by atoms with van der Waals surface area (Å²) >= 11 is 0. The van der Waals surface area contributed by atoms with Crippen LogP contribution in [0.5, 0.6) is 0 Å². The van der Waals surface area contributed by atoms with Crippen molar-refractivity contribution in [2.24, 2.45) is 5.92 Å². The first-order chi connectivity index (χ1) is 12.2. The number of aliphatic carboxylic acids is 4. The molecule has 0 aliphatic heterocycles. The van der Waals surface area contributed by atoms with Crippen molar-refractivity contribution in [2.45, 2.75) is 58.3 Å². The van der Waals surface area contributed by atoms with Crippen molar-refractivity contribution in [2.75, 3.05) is 0 Å². The van der Waals surface area contributed by atoms with Crippen LogP contribution in [-0.4, -0.2) is 44.3 Å². The molecular formula is C18H28O8. The van der Waals surface area contributed by atoms with E-state index in [0.717, 1.165) is 25.7 Å². The Morgan fingerprint density at radius 3 is 1.81 bits per heavy atom. The molecule has 8 nitrogen and oxygen atoms in total. The molecule has 148 valence electrons. The second kappa shape index (κ2) is 17.2. The van der Waals surface area contributed by atoms with Gasteiger partial charge in [0.1, 0.15) is 0 Å². The van der Waals surface area contributed by atoms with Gasteiger partial charge in [0.2, 0.25) is 0 Å². The van der Waals surface area contributed by atoms with Gasteiger partial charge in [-0.15, -0.1) is 0 Å². The molecule has 0 aromatic rings. The normalized spacial score (nSPS) is 10.7. The lowest BCUT2D eigenvalue weighted by Crippen LogP contribution is -2.22. The van der Waals surface area contributed by atoms with Crippen molar-refractivity contribution in [1.82, 2.24) is 0 Å². The van der Waals surface area contributed by atoms with Crippen molar-refractivity contribution in [3.63, 3.8) is 0 Å². The fraction of sp³-hybridized carbons (Fsp3) is 0.556. The zero-order chi connectivity index (χ0) is 20.4. The van der Waals surface area contributed by atoms with E-state index >= 15 is 0 Å². The van der Waals surface area contributed by atoms with E-state index in [4.69, 9.17) is 20.4 Å². The number of hydrogen-bond donors (Lipinski definition) is 4. The molecule has 0 saturated heterocycles. The van der Waals surface area contributed by atoms with E-state index in [1.807, 2.05) is 6.92 Å². The van der Waals surface area contributed by atoms with Crippen LogP contribution in [0.2, 0.25) is 0 Å². The van der Waals surface area contributed by atoms with E-state index in [9.17, 15) is 19.2 Å². The Morgan fingerprint density at radius 2 is 1.35 bits per heavy atom. The zero-order valence-electron chi connectivity index (χ0n) is 15.0. The highest BCUT2D eigenvalue weighted by Gasteiger charge is 2.23. The third-order valence-electron chi connectivity index (χ3n) is 3.06. The summed E-state index contributed by atoms with van der Waals surface area (Å²) in [5, 5.41) is 33.5. The molecule has 0 aromatic heterocycles. The van der Waals surface area contributed by atoms with Crippen molar-refractivity contribution in [3.05, 3.63) is 24.3 Å². The Balaban J connectivity index is 0. The van der Waals surface area contributed by atoms with Crippen LogP contribution in [0, 0.1) is 5.92 Å². The fourth-order valence-corrected chi connectivity index (χ4v) is 1.66. The Bertz CT molecular complexity index is 479. The van der Waals surface area contributed by atoms with Crippen LogP contribution in [0.4, 0.5) is 0 Å². The van der Waals surface area contributed by atoms with Crippen LogP contribution >= 0.6 is 0 Å². The van der Waals surface area contributed by atoms with Gasteiger partial charge in [-0.1, -0.05) is 37.6 Å². The SMILES string of the molecule is CCC/C=C\CC(C(=O)O)C(=O)O.O=C(O)C/C=C/CCCCC(=O)O. The Morgan fingerprint density at radius 1 is 0.769 bits per heavy atom. The molecule has 0 rings (SSSR count). The predicted molar refractivity (Wildman–Crippen MR) is 94.9 cm³/mol. The molecule has 0 bridgehead atoms. The number of carbonyl (C=O) groups is 4. The standard InChI is InChI=1S/2C9H14O4/c1-2-3-4-5-6-7(8(10)11)9(12)13;10-8(11)6-4-2-1-3-5-7-9(12)13/h4-5,7H,2-3,6H2,1H3,(H,10,11)(H,12,13);2,4H,1,3,5-7H2,(H,10,11)(H,12,13)/b5-4-;4-2+. The van der Waals surface area contributed by atoms with E-state index in [0.29, 0.717) is 6.42 Å². The van der Waals surface area contributed by atoms with Crippen molar-refractivity contribution < 1.29 is 39.6 Å². The Labute approximate surface area is 152 Å². The van der Waals surface area contributed by atoms with E-state index < -0.39 is 29.8 Å². The molecule has 0 aliphatic carbocycles. The molecule has 8 heteroatoms. The number of rotatable bonds is 13. The average molecular weight is 372 g/mol. The first-order valence-corrected chi connectivity index (χ1v) is 8.41. The van der Waals surface area contributed by atoms with Crippen LogP contribution in [0.15, 0.2) is 24.3 Å². The lowest BCUT2D eigenvalue weighted by molar-refractivity contribution is -0.154. The van der Waals surface area contributed by atoms with Gasteiger partial charge in [0, 0.05) is 6.42 Å². The predicted octanol–water partition coefficient (Wildman–Crippen LogP) is 3.18. The van der Waals surface area contributed by atoms with E-state index in [2.05, 4.69) is 0 Å². The van der Waals surface area contributed by atoms with E-state index in [-0.39, 0.29) is 19.3 Å². The first-order valence-electron chi connectivity index (χ1n) is 8.41. The third-order valence-corrected chi connectivity index (χ3v) is 3.06. The van der Waals surface area contributed by atoms with Gasteiger partial charge in [-0.25, -0.2) is 0 Å². The molecule has 0 fully saturated rings. The van der Waals surface area contributed by atoms with Gasteiger partial charge in [0.25, 0.3) is 0 Å². The summed E-state index contributed by atoms with van der Waals surface area (Å²) in [5.41, 5.74) is 0. The maximum absolute atomic E-state index is 10.4. The molecule has 0 spiro atoms. The molecule has 0 heterocycles. The molecule has 0 saturated carbocycles. The smallest absolute Gasteiger partial charge is 0.318 e. The van der Waals surface area contributed by atoms with E-state index in [1.165, 1.54) is 0 Å². The Kier molecular flexibility index (Phi) is 16.9. The average Bonchev–Trinajstić information content (AvgIpc) is 2.53. The molecule has 26 heavy (non-hydrogen) atoms. The molecule has 0 amide bonds. The second-order valence-electron chi connectivity index (χ2n) is 5.43. The minimum absolute atomic E-state index is 0.0406. The molecular weight excluding hydrogens is 344 g/mol. The maximum atomic E-state index is 10.4. The summed E-state index contributed by atoms with van der Waals surface area (Å²) in [6, 6.07) is 0.